The Morgan fingerprint density at radius 2 is 1.80 bits per heavy atom. The molecule has 0 saturated carbocycles. The SMILES string of the molecule is CCOC(CN1CC[C@H](C)[C@H]1C)OCC. The third-order valence-electron chi connectivity index (χ3n) is 3.36. The molecule has 90 valence electrons. The van der Waals surface area contributed by atoms with Crippen LogP contribution in [-0.4, -0.2) is 43.5 Å². The molecule has 0 aromatic rings. The van der Waals surface area contributed by atoms with Crippen molar-refractivity contribution in [2.75, 3.05) is 26.3 Å². The third kappa shape index (κ3) is 3.74. The van der Waals surface area contributed by atoms with E-state index in [0.29, 0.717) is 6.04 Å². The zero-order chi connectivity index (χ0) is 11.3. The van der Waals surface area contributed by atoms with Crippen LogP contribution in [-0.2, 0) is 9.47 Å². The van der Waals surface area contributed by atoms with E-state index < -0.39 is 0 Å². The Kier molecular flexibility index (Phi) is 5.58. The molecular weight excluding hydrogens is 190 g/mol. The lowest BCUT2D eigenvalue weighted by Crippen LogP contribution is -2.38. The van der Waals surface area contributed by atoms with Crippen molar-refractivity contribution in [3.8, 4) is 0 Å². The Hall–Kier alpha value is -0.120. The summed E-state index contributed by atoms with van der Waals surface area (Å²) < 4.78 is 11.1. The van der Waals surface area contributed by atoms with Gasteiger partial charge < -0.3 is 9.47 Å². The van der Waals surface area contributed by atoms with E-state index in [1.165, 1.54) is 13.0 Å². The van der Waals surface area contributed by atoms with Crippen molar-refractivity contribution < 1.29 is 9.47 Å². The maximum absolute atomic E-state index is 5.56. The summed E-state index contributed by atoms with van der Waals surface area (Å²) in [6.07, 6.45) is 1.25. The molecule has 15 heavy (non-hydrogen) atoms. The molecule has 1 aliphatic heterocycles. The van der Waals surface area contributed by atoms with Gasteiger partial charge in [-0.3, -0.25) is 4.90 Å². The second-order valence-corrected chi connectivity index (χ2v) is 4.34. The summed E-state index contributed by atoms with van der Waals surface area (Å²) in [4.78, 5) is 2.47. The average molecular weight is 215 g/mol. The Balaban J connectivity index is 2.36. The number of ether oxygens (including phenoxy) is 2. The van der Waals surface area contributed by atoms with Crippen molar-refractivity contribution in [1.29, 1.82) is 0 Å². The summed E-state index contributed by atoms with van der Waals surface area (Å²) in [5.41, 5.74) is 0. The molecule has 0 unspecified atom stereocenters. The number of rotatable bonds is 6. The fraction of sp³-hybridized carbons (Fsp3) is 1.00. The number of nitrogens with zero attached hydrogens (tertiary/aromatic N) is 1. The smallest absolute Gasteiger partial charge is 0.170 e. The summed E-state index contributed by atoms with van der Waals surface area (Å²) in [5.74, 6) is 0.800. The Morgan fingerprint density at radius 3 is 2.20 bits per heavy atom. The normalized spacial score (nSPS) is 27.8. The van der Waals surface area contributed by atoms with Crippen LogP contribution in [0.15, 0.2) is 0 Å². The fourth-order valence-corrected chi connectivity index (χ4v) is 2.15. The van der Waals surface area contributed by atoms with Gasteiger partial charge in [-0.1, -0.05) is 6.92 Å². The highest BCUT2D eigenvalue weighted by molar-refractivity contribution is 4.81. The van der Waals surface area contributed by atoms with Gasteiger partial charge in [0.15, 0.2) is 6.29 Å². The number of hydrogen-bond acceptors (Lipinski definition) is 3. The van der Waals surface area contributed by atoms with Crippen LogP contribution in [0.2, 0.25) is 0 Å². The topological polar surface area (TPSA) is 21.7 Å². The molecule has 0 amide bonds. The van der Waals surface area contributed by atoms with Gasteiger partial charge in [0, 0.05) is 25.8 Å². The quantitative estimate of drug-likeness (QED) is 0.633. The lowest BCUT2D eigenvalue weighted by molar-refractivity contribution is -0.148. The summed E-state index contributed by atoms with van der Waals surface area (Å²) in [7, 11) is 0. The lowest BCUT2D eigenvalue weighted by atomic mass is 10.1. The first-order chi connectivity index (χ1) is 7.19. The van der Waals surface area contributed by atoms with Crippen LogP contribution in [0.5, 0.6) is 0 Å². The Morgan fingerprint density at radius 1 is 1.20 bits per heavy atom. The summed E-state index contributed by atoms with van der Waals surface area (Å²) in [6.45, 7) is 12.2. The maximum atomic E-state index is 5.56. The van der Waals surface area contributed by atoms with Gasteiger partial charge >= 0.3 is 0 Å². The largest absolute Gasteiger partial charge is 0.352 e. The average Bonchev–Trinajstić information content (AvgIpc) is 2.51. The zero-order valence-electron chi connectivity index (χ0n) is 10.5. The standard InChI is InChI=1S/C12H25NO2/c1-5-14-12(15-6-2)9-13-8-7-10(3)11(13)4/h10-12H,5-9H2,1-4H3/t10-,11+/m0/s1. The van der Waals surface area contributed by atoms with Crippen LogP contribution >= 0.6 is 0 Å². The summed E-state index contributed by atoms with van der Waals surface area (Å²) in [6, 6.07) is 0.661. The molecule has 0 aromatic carbocycles. The van der Waals surface area contributed by atoms with Crippen molar-refractivity contribution in [3.63, 3.8) is 0 Å². The van der Waals surface area contributed by atoms with E-state index in [4.69, 9.17) is 9.47 Å². The van der Waals surface area contributed by atoms with Gasteiger partial charge in [0.25, 0.3) is 0 Å². The predicted octanol–water partition coefficient (Wildman–Crippen LogP) is 2.12. The van der Waals surface area contributed by atoms with Crippen molar-refractivity contribution >= 4 is 0 Å². The van der Waals surface area contributed by atoms with Crippen molar-refractivity contribution in [1.82, 2.24) is 4.90 Å². The van der Waals surface area contributed by atoms with E-state index >= 15 is 0 Å². The molecular formula is C12H25NO2. The second kappa shape index (κ2) is 6.46. The first-order valence-corrected chi connectivity index (χ1v) is 6.16. The minimum atomic E-state index is -0.0484. The predicted molar refractivity (Wildman–Crippen MR) is 61.9 cm³/mol. The van der Waals surface area contributed by atoms with Gasteiger partial charge in [0.1, 0.15) is 0 Å². The molecule has 2 atom stereocenters. The lowest BCUT2D eigenvalue weighted by Gasteiger charge is -2.27. The van der Waals surface area contributed by atoms with Gasteiger partial charge in [-0.2, -0.15) is 0 Å². The van der Waals surface area contributed by atoms with Gasteiger partial charge in [0.2, 0.25) is 0 Å². The Bertz CT molecular complexity index is 169. The number of likely N-dealkylation sites (tertiary alicyclic amines) is 1. The number of hydrogen-bond donors (Lipinski definition) is 0. The van der Waals surface area contributed by atoms with Crippen molar-refractivity contribution in [2.24, 2.45) is 5.92 Å². The Labute approximate surface area is 93.7 Å². The molecule has 3 nitrogen and oxygen atoms in total. The molecule has 1 rings (SSSR count). The maximum Gasteiger partial charge on any atom is 0.170 e. The second-order valence-electron chi connectivity index (χ2n) is 4.34. The minimum absolute atomic E-state index is 0.0484. The van der Waals surface area contributed by atoms with Crippen LogP contribution in [0.25, 0.3) is 0 Å². The molecule has 0 N–H and O–H groups in total. The van der Waals surface area contributed by atoms with E-state index in [9.17, 15) is 0 Å². The van der Waals surface area contributed by atoms with Crippen LogP contribution in [0.4, 0.5) is 0 Å². The van der Waals surface area contributed by atoms with E-state index in [0.717, 1.165) is 25.7 Å². The summed E-state index contributed by atoms with van der Waals surface area (Å²) >= 11 is 0. The minimum Gasteiger partial charge on any atom is -0.352 e. The fourth-order valence-electron chi connectivity index (χ4n) is 2.15. The molecule has 0 bridgehead atoms. The summed E-state index contributed by atoms with van der Waals surface area (Å²) in [5, 5.41) is 0. The van der Waals surface area contributed by atoms with Crippen LogP contribution in [0, 0.1) is 5.92 Å². The highest BCUT2D eigenvalue weighted by Crippen LogP contribution is 2.23. The highest BCUT2D eigenvalue weighted by atomic mass is 16.7. The third-order valence-corrected chi connectivity index (χ3v) is 3.36. The van der Waals surface area contributed by atoms with Crippen LogP contribution in [0.3, 0.4) is 0 Å². The van der Waals surface area contributed by atoms with Crippen LogP contribution < -0.4 is 0 Å². The van der Waals surface area contributed by atoms with Gasteiger partial charge in [-0.25, -0.2) is 0 Å². The first-order valence-electron chi connectivity index (χ1n) is 6.16. The molecule has 0 radical (unpaired) electrons. The molecule has 0 aliphatic carbocycles. The van der Waals surface area contributed by atoms with E-state index in [1.54, 1.807) is 0 Å². The molecule has 3 heteroatoms. The monoisotopic (exact) mass is 215 g/mol. The van der Waals surface area contributed by atoms with E-state index in [2.05, 4.69) is 18.7 Å². The molecule has 0 spiro atoms. The highest BCUT2D eigenvalue weighted by Gasteiger charge is 2.29. The van der Waals surface area contributed by atoms with Gasteiger partial charge in [0.05, 0.1) is 0 Å². The molecule has 1 fully saturated rings. The van der Waals surface area contributed by atoms with Gasteiger partial charge in [-0.15, -0.1) is 0 Å². The van der Waals surface area contributed by atoms with Crippen molar-refractivity contribution in [2.45, 2.75) is 46.4 Å². The van der Waals surface area contributed by atoms with Crippen LogP contribution in [0.1, 0.15) is 34.1 Å². The molecule has 1 heterocycles. The molecule has 1 aliphatic rings. The molecule has 1 saturated heterocycles. The van der Waals surface area contributed by atoms with Gasteiger partial charge in [-0.05, 0) is 39.7 Å². The zero-order valence-corrected chi connectivity index (χ0v) is 10.5. The van der Waals surface area contributed by atoms with E-state index in [1.807, 2.05) is 13.8 Å². The molecule has 0 aromatic heterocycles. The van der Waals surface area contributed by atoms with Crippen molar-refractivity contribution in [3.05, 3.63) is 0 Å². The van der Waals surface area contributed by atoms with E-state index in [-0.39, 0.29) is 6.29 Å². The first kappa shape index (κ1) is 12.9.